The lowest BCUT2D eigenvalue weighted by Crippen LogP contribution is -2.30. The molecule has 0 saturated carbocycles. The van der Waals surface area contributed by atoms with Gasteiger partial charge in [0.1, 0.15) is 11.4 Å². The highest BCUT2D eigenvalue weighted by molar-refractivity contribution is 7.80. The largest absolute Gasteiger partial charge is 0.507 e. The molecule has 1 fully saturated rings. The molecular weight excluding hydrogens is 272 g/mol. The molecule has 1 aromatic rings. The van der Waals surface area contributed by atoms with Crippen LogP contribution < -0.4 is 5.32 Å². The van der Waals surface area contributed by atoms with E-state index in [2.05, 4.69) is 5.32 Å². The number of halogens is 1. The summed E-state index contributed by atoms with van der Waals surface area (Å²) in [5.41, 5.74) is 0.804. The van der Waals surface area contributed by atoms with Gasteiger partial charge in [-0.2, -0.15) is 0 Å². The van der Waals surface area contributed by atoms with Gasteiger partial charge in [-0.15, -0.1) is 0 Å². The van der Waals surface area contributed by atoms with Crippen LogP contribution in [0.5, 0.6) is 5.75 Å². The molecule has 1 aliphatic heterocycles. The Labute approximate surface area is 115 Å². The maximum absolute atomic E-state index is 11.9. The third kappa shape index (κ3) is 2.32. The molecule has 1 aliphatic rings. The normalized spacial score (nSPS) is 17.4. The minimum Gasteiger partial charge on any atom is -0.507 e. The standard InChI is InChI=1S/C12H11ClN2O2S/c1-2-15-11(17)9(14-12(15)18)6-7-5-8(13)3-4-10(7)16/h3-6,16H,2H2,1H3,(H,14,18)/b9-6+. The van der Waals surface area contributed by atoms with Crippen molar-refractivity contribution in [3.63, 3.8) is 0 Å². The molecule has 4 nitrogen and oxygen atoms in total. The maximum atomic E-state index is 11.9. The van der Waals surface area contributed by atoms with Crippen LogP contribution in [-0.2, 0) is 4.79 Å². The van der Waals surface area contributed by atoms with E-state index in [0.29, 0.717) is 27.9 Å². The second kappa shape index (κ2) is 4.96. The van der Waals surface area contributed by atoms with E-state index in [4.69, 9.17) is 23.8 Å². The molecule has 0 spiro atoms. The topological polar surface area (TPSA) is 52.6 Å². The summed E-state index contributed by atoms with van der Waals surface area (Å²) in [4.78, 5) is 13.4. The number of phenols is 1. The van der Waals surface area contributed by atoms with Gasteiger partial charge in [-0.1, -0.05) is 11.6 Å². The first-order valence-electron chi connectivity index (χ1n) is 5.36. The first-order chi connectivity index (χ1) is 8.52. The van der Waals surface area contributed by atoms with Crippen LogP contribution in [0.1, 0.15) is 12.5 Å². The van der Waals surface area contributed by atoms with Crippen molar-refractivity contribution in [1.82, 2.24) is 10.2 Å². The van der Waals surface area contributed by atoms with E-state index >= 15 is 0 Å². The van der Waals surface area contributed by atoms with Crippen LogP contribution in [0.4, 0.5) is 0 Å². The molecule has 94 valence electrons. The molecule has 0 atom stereocenters. The number of benzene rings is 1. The highest BCUT2D eigenvalue weighted by Gasteiger charge is 2.29. The first-order valence-corrected chi connectivity index (χ1v) is 6.14. The smallest absolute Gasteiger partial charge is 0.276 e. The highest BCUT2D eigenvalue weighted by atomic mass is 35.5. The lowest BCUT2D eigenvalue weighted by molar-refractivity contribution is -0.122. The Bertz CT molecular complexity index is 557. The Morgan fingerprint density at radius 3 is 2.89 bits per heavy atom. The van der Waals surface area contributed by atoms with Crippen LogP contribution in [0.15, 0.2) is 23.9 Å². The van der Waals surface area contributed by atoms with E-state index in [1.165, 1.54) is 17.0 Å². The number of hydrogen-bond donors (Lipinski definition) is 2. The highest BCUT2D eigenvalue weighted by Crippen LogP contribution is 2.24. The molecular formula is C12H11ClN2O2S. The van der Waals surface area contributed by atoms with E-state index in [0.717, 1.165) is 0 Å². The van der Waals surface area contributed by atoms with Gasteiger partial charge in [0, 0.05) is 17.1 Å². The van der Waals surface area contributed by atoms with E-state index in [9.17, 15) is 9.90 Å². The third-order valence-corrected chi connectivity index (χ3v) is 3.13. The second-order valence-corrected chi connectivity index (χ2v) is 4.56. The minimum absolute atomic E-state index is 0.0577. The molecule has 6 heteroatoms. The molecule has 1 amide bonds. The monoisotopic (exact) mass is 282 g/mol. The van der Waals surface area contributed by atoms with Crippen LogP contribution >= 0.6 is 23.8 Å². The summed E-state index contributed by atoms with van der Waals surface area (Å²) in [6, 6.07) is 4.63. The van der Waals surface area contributed by atoms with Crippen molar-refractivity contribution in [2.75, 3.05) is 6.54 Å². The van der Waals surface area contributed by atoms with Gasteiger partial charge in [0.2, 0.25) is 0 Å². The summed E-state index contributed by atoms with van der Waals surface area (Å²) in [6.07, 6.45) is 1.53. The van der Waals surface area contributed by atoms with Crippen LogP contribution in [0.25, 0.3) is 6.08 Å². The second-order valence-electron chi connectivity index (χ2n) is 3.74. The zero-order valence-corrected chi connectivity index (χ0v) is 11.2. The molecule has 18 heavy (non-hydrogen) atoms. The van der Waals surface area contributed by atoms with Crippen LogP contribution in [0, 0.1) is 0 Å². The van der Waals surface area contributed by atoms with Crippen LogP contribution in [0.3, 0.4) is 0 Å². The summed E-state index contributed by atoms with van der Waals surface area (Å²) in [5, 5.41) is 13.4. The molecule has 1 heterocycles. The number of likely N-dealkylation sites (N-methyl/N-ethyl adjacent to an activating group) is 1. The van der Waals surface area contributed by atoms with Gasteiger partial charge < -0.3 is 10.4 Å². The Morgan fingerprint density at radius 1 is 1.56 bits per heavy atom. The van der Waals surface area contributed by atoms with E-state index in [-0.39, 0.29) is 11.7 Å². The van der Waals surface area contributed by atoms with Crippen molar-refractivity contribution in [1.29, 1.82) is 0 Å². The molecule has 2 rings (SSSR count). The van der Waals surface area contributed by atoms with Gasteiger partial charge >= 0.3 is 0 Å². The number of nitrogens with one attached hydrogen (secondary N) is 1. The Kier molecular flexibility index (Phi) is 3.54. The number of rotatable bonds is 2. The van der Waals surface area contributed by atoms with E-state index in [1.807, 2.05) is 6.92 Å². The SMILES string of the molecule is CCN1C(=O)/C(=C\c2cc(Cl)ccc2O)NC1=S. The van der Waals surface area contributed by atoms with Gasteiger partial charge in [0.05, 0.1) is 0 Å². The number of carbonyl (C=O) groups excluding carboxylic acids is 1. The quantitative estimate of drug-likeness (QED) is 0.644. The van der Waals surface area contributed by atoms with Crippen molar-refractivity contribution in [3.8, 4) is 5.75 Å². The third-order valence-electron chi connectivity index (χ3n) is 2.57. The van der Waals surface area contributed by atoms with Crippen LogP contribution in [-0.4, -0.2) is 27.6 Å². The fourth-order valence-corrected chi connectivity index (χ4v) is 2.16. The summed E-state index contributed by atoms with van der Waals surface area (Å²) < 4.78 is 0. The fourth-order valence-electron chi connectivity index (χ4n) is 1.66. The predicted molar refractivity (Wildman–Crippen MR) is 74.2 cm³/mol. The summed E-state index contributed by atoms with van der Waals surface area (Å²) in [7, 11) is 0. The minimum atomic E-state index is -0.207. The Balaban J connectivity index is 2.38. The van der Waals surface area contributed by atoms with Gasteiger partial charge in [-0.25, -0.2) is 0 Å². The molecule has 0 aromatic heterocycles. The molecule has 0 bridgehead atoms. The van der Waals surface area contributed by atoms with Crippen molar-refractivity contribution in [2.24, 2.45) is 0 Å². The van der Waals surface area contributed by atoms with E-state index < -0.39 is 0 Å². The Morgan fingerprint density at radius 2 is 2.28 bits per heavy atom. The number of phenolic OH excluding ortho intramolecular Hbond substituents is 1. The summed E-state index contributed by atoms with van der Waals surface area (Å²) >= 11 is 10.9. The number of thiocarbonyl (C=S) groups is 1. The molecule has 0 unspecified atom stereocenters. The Hall–Kier alpha value is -1.59. The van der Waals surface area contributed by atoms with Crippen molar-refractivity contribution in [2.45, 2.75) is 6.92 Å². The number of carbonyl (C=O) groups is 1. The fraction of sp³-hybridized carbons (Fsp3) is 0.167. The van der Waals surface area contributed by atoms with Gasteiger partial charge in [0.15, 0.2) is 5.11 Å². The number of aromatic hydroxyl groups is 1. The first kappa shape index (κ1) is 12.9. The van der Waals surface area contributed by atoms with Crippen molar-refractivity contribution < 1.29 is 9.90 Å². The lowest BCUT2D eigenvalue weighted by atomic mass is 10.1. The molecule has 1 saturated heterocycles. The summed E-state index contributed by atoms with van der Waals surface area (Å²) in [5.74, 6) is -0.149. The van der Waals surface area contributed by atoms with Gasteiger partial charge in [-0.3, -0.25) is 9.69 Å². The van der Waals surface area contributed by atoms with Gasteiger partial charge in [0.25, 0.3) is 5.91 Å². The molecule has 2 N–H and O–H groups in total. The zero-order valence-electron chi connectivity index (χ0n) is 9.61. The lowest BCUT2D eigenvalue weighted by Gasteiger charge is -2.08. The van der Waals surface area contributed by atoms with Gasteiger partial charge in [-0.05, 0) is 43.4 Å². The molecule has 0 radical (unpaired) electrons. The maximum Gasteiger partial charge on any atom is 0.276 e. The summed E-state index contributed by atoms with van der Waals surface area (Å²) in [6.45, 7) is 2.34. The molecule has 0 aliphatic carbocycles. The molecule has 1 aromatic carbocycles. The average molecular weight is 283 g/mol. The van der Waals surface area contributed by atoms with Crippen molar-refractivity contribution >= 4 is 40.9 Å². The number of hydrogen-bond acceptors (Lipinski definition) is 3. The number of nitrogens with zero attached hydrogens (tertiary/aromatic N) is 1. The predicted octanol–water partition coefficient (Wildman–Crippen LogP) is 2.12. The average Bonchev–Trinajstić information content (AvgIpc) is 2.59. The van der Waals surface area contributed by atoms with Crippen molar-refractivity contribution in [3.05, 3.63) is 34.5 Å². The zero-order chi connectivity index (χ0) is 13.3. The van der Waals surface area contributed by atoms with Crippen LogP contribution in [0.2, 0.25) is 5.02 Å². The number of amides is 1. The van der Waals surface area contributed by atoms with E-state index in [1.54, 1.807) is 12.1 Å².